The number of carbonyl (C=O) groups is 3. The van der Waals surface area contributed by atoms with E-state index in [0.29, 0.717) is 16.8 Å². The third-order valence-electron chi connectivity index (χ3n) is 3.15. The number of Topliss-reactive ketones (excluding diaryl/α,β-unsaturated/α-hetero) is 1. The molecule has 0 saturated carbocycles. The summed E-state index contributed by atoms with van der Waals surface area (Å²) >= 11 is 0. The number of esters is 1. The van der Waals surface area contributed by atoms with Gasteiger partial charge in [0.25, 0.3) is 5.91 Å². The highest BCUT2D eigenvalue weighted by atomic mass is 16.5. The molecule has 0 aromatic heterocycles. The van der Waals surface area contributed by atoms with Gasteiger partial charge < -0.3 is 10.1 Å². The van der Waals surface area contributed by atoms with E-state index in [2.05, 4.69) is 5.32 Å². The van der Waals surface area contributed by atoms with Crippen LogP contribution in [0.25, 0.3) is 0 Å². The number of ketones is 1. The minimum absolute atomic E-state index is 0.227. The zero-order chi connectivity index (χ0) is 17.4. The van der Waals surface area contributed by atoms with Gasteiger partial charge in [-0.2, -0.15) is 0 Å². The molecule has 0 fully saturated rings. The van der Waals surface area contributed by atoms with Crippen LogP contribution in [0.1, 0.15) is 27.6 Å². The minimum Gasteiger partial charge on any atom is -0.454 e. The van der Waals surface area contributed by atoms with Crippen molar-refractivity contribution in [1.29, 1.82) is 0 Å². The van der Waals surface area contributed by atoms with Gasteiger partial charge in [-0.15, -0.1) is 0 Å². The van der Waals surface area contributed by atoms with Crippen LogP contribution in [-0.2, 0) is 9.53 Å². The molecule has 0 saturated heterocycles. The molecule has 0 heterocycles. The van der Waals surface area contributed by atoms with Crippen molar-refractivity contribution < 1.29 is 19.1 Å². The van der Waals surface area contributed by atoms with Crippen LogP contribution < -0.4 is 5.32 Å². The first-order valence-electron chi connectivity index (χ1n) is 7.39. The molecule has 2 aromatic rings. The van der Waals surface area contributed by atoms with Crippen LogP contribution >= 0.6 is 0 Å². The first kappa shape index (κ1) is 17.1. The minimum atomic E-state index is -0.558. The molecule has 122 valence electrons. The summed E-state index contributed by atoms with van der Waals surface area (Å²) in [4.78, 5) is 35.1. The average molecular weight is 323 g/mol. The maximum absolute atomic E-state index is 12.0. The second-order valence-corrected chi connectivity index (χ2v) is 4.93. The van der Waals surface area contributed by atoms with Crippen molar-refractivity contribution in [2.75, 3.05) is 11.9 Å². The van der Waals surface area contributed by atoms with Crippen molar-refractivity contribution in [3.05, 3.63) is 77.9 Å². The quantitative estimate of drug-likeness (QED) is 0.503. The van der Waals surface area contributed by atoms with Crippen LogP contribution in [-0.4, -0.2) is 24.3 Å². The Morgan fingerprint density at radius 2 is 1.62 bits per heavy atom. The van der Waals surface area contributed by atoms with E-state index in [1.165, 1.54) is 12.2 Å². The summed E-state index contributed by atoms with van der Waals surface area (Å²) in [6.45, 7) is 1.37. The van der Waals surface area contributed by atoms with Crippen LogP contribution in [0.3, 0.4) is 0 Å². The molecule has 2 rings (SSSR count). The Balaban J connectivity index is 1.94. The number of benzene rings is 2. The third kappa shape index (κ3) is 4.91. The number of carbonyl (C=O) groups excluding carboxylic acids is 3. The molecule has 0 spiro atoms. The van der Waals surface area contributed by atoms with Crippen molar-refractivity contribution in [3.8, 4) is 0 Å². The van der Waals surface area contributed by atoms with Gasteiger partial charge in [0, 0.05) is 22.9 Å². The van der Waals surface area contributed by atoms with Crippen LogP contribution in [0.15, 0.2) is 66.7 Å². The molecule has 5 heteroatoms. The molecule has 0 aliphatic heterocycles. The van der Waals surface area contributed by atoms with Gasteiger partial charge >= 0.3 is 5.97 Å². The van der Waals surface area contributed by atoms with Crippen LogP contribution in [0.4, 0.5) is 5.69 Å². The fraction of sp³-hybridized carbons (Fsp3) is 0.105. The third-order valence-corrected chi connectivity index (χ3v) is 3.15. The standard InChI is InChI=1S/C19H17NO4/c1-2-6-18(22)24-13-17(21)14-9-11-16(12-10-14)20-19(23)15-7-4-3-5-8-15/h2-12H,13H2,1H3,(H,20,23)/b6-2+. The molecule has 24 heavy (non-hydrogen) atoms. The SMILES string of the molecule is C/C=C/C(=O)OCC(=O)c1ccc(NC(=O)c2ccccc2)cc1. The maximum Gasteiger partial charge on any atom is 0.330 e. The molecular weight excluding hydrogens is 306 g/mol. The number of nitrogens with one attached hydrogen (secondary N) is 1. The molecule has 0 radical (unpaired) electrons. The molecule has 5 nitrogen and oxygen atoms in total. The van der Waals surface area contributed by atoms with Crippen molar-refractivity contribution in [2.24, 2.45) is 0 Å². The number of rotatable bonds is 6. The van der Waals surface area contributed by atoms with Crippen molar-refractivity contribution in [2.45, 2.75) is 6.92 Å². The summed E-state index contributed by atoms with van der Waals surface area (Å²) in [5.74, 6) is -1.10. The van der Waals surface area contributed by atoms with E-state index in [0.717, 1.165) is 0 Å². The molecule has 2 aromatic carbocycles. The lowest BCUT2D eigenvalue weighted by atomic mass is 10.1. The summed E-state index contributed by atoms with van der Waals surface area (Å²) in [5.41, 5.74) is 1.53. The van der Waals surface area contributed by atoms with Gasteiger partial charge in [0.05, 0.1) is 0 Å². The lowest BCUT2D eigenvalue weighted by molar-refractivity contribution is -0.136. The fourth-order valence-corrected chi connectivity index (χ4v) is 1.94. The first-order valence-corrected chi connectivity index (χ1v) is 7.39. The Morgan fingerprint density at radius 1 is 0.958 bits per heavy atom. The molecular formula is C19H17NO4. The number of ether oxygens (including phenoxy) is 1. The lowest BCUT2D eigenvalue weighted by Crippen LogP contribution is -2.13. The number of amides is 1. The highest BCUT2D eigenvalue weighted by Crippen LogP contribution is 2.12. The van der Waals surface area contributed by atoms with Gasteiger partial charge in [-0.05, 0) is 43.3 Å². The van der Waals surface area contributed by atoms with Crippen LogP contribution in [0.5, 0.6) is 0 Å². The second-order valence-electron chi connectivity index (χ2n) is 4.93. The molecule has 1 N–H and O–H groups in total. The summed E-state index contributed by atoms with van der Waals surface area (Å²) < 4.78 is 4.81. The highest BCUT2D eigenvalue weighted by Gasteiger charge is 2.09. The fourth-order valence-electron chi connectivity index (χ4n) is 1.94. The number of hydrogen-bond acceptors (Lipinski definition) is 4. The number of anilines is 1. The van der Waals surface area contributed by atoms with E-state index in [1.54, 1.807) is 55.5 Å². The molecule has 0 bridgehead atoms. The smallest absolute Gasteiger partial charge is 0.330 e. The van der Waals surface area contributed by atoms with Gasteiger partial charge in [0.15, 0.2) is 12.4 Å². The predicted octanol–water partition coefficient (Wildman–Crippen LogP) is 3.24. The average Bonchev–Trinajstić information content (AvgIpc) is 2.61. The van der Waals surface area contributed by atoms with Gasteiger partial charge in [-0.3, -0.25) is 9.59 Å². The normalized spacial score (nSPS) is 10.4. The summed E-state index contributed by atoms with van der Waals surface area (Å²) in [6.07, 6.45) is 2.78. The zero-order valence-electron chi connectivity index (χ0n) is 13.2. The molecule has 1 amide bonds. The topological polar surface area (TPSA) is 72.5 Å². The lowest BCUT2D eigenvalue weighted by Gasteiger charge is -2.06. The van der Waals surface area contributed by atoms with E-state index in [-0.39, 0.29) is 18.3 Å². The number of hydrogen-bond donors (Lipinski definition) is 1. The molecule has 0 aliphatic rings. The van der Waals surface area contributed by atoms with Crippen molar-refractivity contribution in [1.82, 2.24) is 0 Å². The van der Waals surface area contributed by atoms with E-state index >= 15 is 0 Å². The van der Waals surface area contributed by atoms with Crippen LogP contribution in [0, 0.1) is 0 Å². The van der Waals surface area contributed by atoms with E-state index in [9.17, 15) is 14.4 Å². The van der Waals surface area contributed by atoms with Gasteiger partial charge in [-0.25, -0.2) is 4.79 Å². The highest BCUT2D eigenvalue weighted by molar-refractivity contribution is 6.04. The first-order chi connectivity index (χ1) is 11.6. The van der Waals surface area contributed by atoms with Crippen molar-refractivity contribution >= 4 is 23.3 Å². The van der Waals surface area contributed by atoms with Gasteiger partial charge in [0.1, 0.15) is 0 Å². The molecule has 0 unspecified atom stereocenters. The summed E-state index contributed by atoms with van der Waals surface area (Å²) in [6, 6.07) is 15.2. The Bertz CT molecular complexity index is 749. The van der Waals surface area contributed by atoms with Crippen molar-refractivity contribution in [3.63, 3.8) is 0 Å². The summed E-state index contributed by atoms with van der Waals surface area (Å²) in [5, 5.41) is 2.75. The monoisotopic (exact) mass is 323 g/mol. The molecule has 0 atom stereocenters. The zero-order valence-corrected chi connectivity index (χ0v) is 13.2. The second kappa shape index (κ2) is 8.43. The van der Waals surface area contributed by atoms with Gasteiger partial charge in [-0.1, -0.05) is 24.3 Å². The summed E-state index contributed by atoms with van der Waals surface area (Å²) in [7, 11) is 0. The van der Waals surface area contributed by atoms with Gasteiger partial charge in [0.2, 0.25) is 0 Å². The predicted molar refractivity (Wildman–Crippen MR) is 90.9 cm³/mol. The Kier molecular flexibility index (Phi) is 6.02. The number of allylic oxidation sites excluding steroid dienone is 1. The Morgan fingerprint density at radius 3 is 2.25 bits per heavy atom. The molecule has 0 aliphatic carbocycles. The van der Waals surface area contributed by atoms with E-state index in [1.807, 2.05) is 6.07 Å². The van der Waals surface area contributed by atoms with E-state index < -0.39 is 5.97 Å². The van der Waals surface area contributed by atoms with E-state index in [4.69, 9.17) is 4.74 Å². The maximum atomic E-state index is 12.0. The largest absolute Gasteiger partial charge is 0.454 e. The Hall–Kier alpha value is -3.21. The van der Waals surface area contributed by atoms with Crippen LogP contribution in [0.2, 0.25) is 0 Å². The Labute approximate surface area is 140 Å².